The second-order valence-electron chi connectivity index (χ2n) is 5.55. The Morgan fingerprint density at radius 2 is 1.75 bits per heavy atom. The van der Waals surface area contributed by atoms with Crippen LogP contribution in [0, 0.1) is 20.8 Å². The number of thioether (sulfide) groups is 1. The Labute approximate surface area is 125 Å². The monoisotopic (exact) mass is 293 g/mol. The summed E-state index contributed by atoms with van der Waals surface area (Å²) in [5.74, 6) is 0.0985. The molecule has 1 amide bonds. The second kappa shape index (κ2) is 6.57. The van der Waals surface area contributed by atoms with Crippen LogP contribution in [0.3, 0.4) is 0 Å². The van der Waals surface area contributed by atoms with Gasteiger partial charge >= 0.3 is 0 Å². The predicted molar refractivity (Wildman–Crippen MR) is 82.0 cm³/mol. The third-order valence-electron chi connectivity index (χ3n) is 3.97. The van der Waals surface area contributed by atoms with Gasteiger partial charge in [0.05, 0.1) is 5.25 Å². The molecule has 5 heteroatoms. The zero-order valence-corrected chi connectivity index (χ0v) is 13.5. The first-order valence-electron chi connectivity index (χ1n) is 7.26. The summed E-state index contributed by atoms with van der Waals surface area (Å²) < 4.78 is 0. The van der Waals surface area contributed by atoms with Crippen LogP contribution in [-0.2, 0) is 4.79 Å². The molecule has 0 bridgehead atoms. The van der Waals surface area contributed by atoms with Gasteiger partial charge in [0.1, 0.15) is 0 Å². The third kappa shape index (κ3) is 3.72. The second-order valence-corrected chi connectivity index (χ2v) is 6.86. The van der Waals surface area contributed by atoms with Crippen molar-refractivity contribution in [2.45, 2.75) is 69.8 Å². The third-order valence-corrected chi connectivity index (χ3v) is 4.93. The van der Waals surface area contributed by atoms with E-state index < -0.39 is 0 Å². The maximum Gasteiger partial charge on any atom is 0.233 e. The van der Waals surface area contributed by atoms with E-state index >= 15 is 0 Å². The van der Waals surface area contributed by atoms with Crippen LogP contribution in [0.5, 0.6) is 0 Å². The molecule has 1 heterocycles. The Balaban J connectivity index is 1.96. The predicted octanol–water partition coefficient (Wildman–Crippen LogP) is 2.94. The van der Waals surface area contributed by atoms with E-state index in [1.165, 1.54) is 24.6 Å². The summed E-state index contributed by atoms with van der Waals surface area (Å²) in [4.78, 5) is 21.1. The van der Waals surface area contributed by atoms with Crippen molar-refractivity contribution in [1.29, 1.82) is 0 Å². The fraction of sp³-hybridized carbons (Fsp3) is 0.667. The number of hydrogen-bond acceptors (Lipinski definition) is 4. The smallest absolute Gasteiger partial charge is 0.233 e. The Hall–Kier alpha value is -1.10. The van der Waals surface area contributed by atoms with Crippen molar-refractivity contribution < 1.29 is 4.79 Å². The number of hydrogen-bond donors (Lipinski definition) is 1. The van der Waals surface area contributed by atoms with Gasteiger partial charge in [0, 0.05) is 17.4 Å². The molecule has 20 heavy (non-hydrogen) atoms. The molecule has 1 unspecified atom stereocenters. The maximum atomic E-state index is 12.2. The van der Waals surface area contributed by atoms with Gasteiger partial charge < -0.3 is 5.32 Å². The zero-order chi connectivity index (χ0) is 14.7. The molecule has 2 rings (SSSR count). The van der Waals surface area contributed by atoms with E-state index in [0.29, 0.717) is 11.2 Å². The number of carbonyl (C=O) groups excluding carboxylic acids is 1. The minimum absolute atomic E-state index is 0.0985. The SMILES string of the molecule is Cc1nc(SC(C)C(=O)NC2CCCC2)nc(C)c1C. The van der Waals surface area contributed by atoms with E-state index in [2.05, 4.69) is 15.3 Å². The Morgan fingerprint density at radius 1 is 1.20 bits per heavy atom. The molecule has 0 aliphatic heterocycles. The van der Waals surface area contributed by atoms with Crippen molar-refractivity contribution >= 4 is 17.7 Å². The molecule has 1 atom stereocenters. The van der Waals surface area contributed by atoms with Crippen LogP contribution in [0.4, 0.5) is 0 Å². The topological polar surface area (TPSA) is 54.9 Å². The largest absolute Gasteiger partial charge is 0.352 e. The van der Waals surface area contributed by atoms with Crippen molar-refractivity contribution in [3.05, 3.63) is 17.0 Å². The van der Waals surface area contributed by atoms with E-state index in [-0.39, 0.29) is 11.2 Å². The molecular formula is C15H23N3OS. The summed E-state index contributed by atoms with van der Waals surface area (Å²) in [7, 11) is 0. The van der Waals surface area contributed by atoms with Gasteiger partial charge in [-0.2, -0.15) is 0 Å². The number of amides is 1. The van der Waals surface area contributed by atoms with Crippen molar-refractivity contribution in [3.63, 3.8) is 0 Å². The minimum atomic E-state index is -0.155. The van der Waals surface area contributed by atoms with E-state index in [1.807, 2.05) is 27.7 Å². The van der Waals surface area contributed by atoms with Crippen LogP contribution in [0.15, 0.2) is 5.16 Å². The molecule has 1 fully saturated rings. The number of aryl methyl sites for hydroxylation is 2. The lowest BCUT2D eigenvalue weighted by Gasteiger charge is -2.16. The summed E-state index contributed by atoms with van der Waals surface area (Å²) in [6, 6.07) is 0.368. The highest BCUT2D eigenvalue weighted by molar-refractivity contribution is 8.00. The molecule has 1 aromatic rings. The van der Waals surface area contributed by atoms with Crippen LogP contribution in [-0.4, -0.2) is 27.2 Å². The standard InChI is InChI=1S/C15H23N3OS/c1-9-10(2)16-15(17-11(9)3)20-12(4)14(19)18-13-7-5-6-8-13/h12-13H,5-8H2,1-4H3,(H,18,19). The van der Waals surface area contributed by atoms with Crippen molar-refractivity contribution in [3.8, 4) is 0 Å². The Bertz CT molecular complexity index is 475. The highest BCUT2D eigenvalue weighted by Gasteiger charge is 2.22. The average molecular weight is 293 g/mol. The first-order valence-corrected chi connectivity index (χ1v) is 8.14. The van der Waals surface area contributed by atoms with E-state index in [1.54, 1.807) is 0 Å². The first-order chi connectivity index (χ1) is 9.47. The summed E-state index contributed by atoms with van der Waals surface area (Å²) >= 11 is 1.44. The normalized spacial score (nSPS) is 17.2. The number of carbonyl (C=O) groups is 1. The fourth-order valence-corrected chi connectivity index (χ4v) is 3.27. The molecule has 0 radical (unpaired) electrons. The highest BCUT2D eigenvalue weighted by Crippen LogP contribution is 2.23. The van der Waals surface area contributed by atoms with Crippen molar-refractivity contribution in [2.24, 2.45) is 0 Å². The summed E-state index contributed by atoms with van der Waals surface area (Å²) in [5, 5.41) is 3.66. The van der Waals surface area contributed by atoms with Gasteiger partial charge in [0.25, 0.3) is 0 Å². The Kier molecular flexibility index (Phi) is 5.02. The van der Waals surface area contributed by atoms with Crippen LogP contribution < -0.4 is 5.32 Å². The molecule has 1 aliphatic carbocycles. The maximum absolute atomic E-state index is 12.2. The van der Waals surface area contributed by atoms with Crippen LogP contribution in [0.25, 0.3) is 0 Å². The molecule has 1 saturated carbocycles. The number of aromatic nitrogens is 2. The Morgan fingerprint density at radius 3 is 2.30 bits per heavy atom. The molecule has 1 aromatic heterocycles. The molecule has 4 nitrogen and oxygen atoms in total. The van der Waals surface area contributed by atoms with E-state index in [4.69, 9.17) is 0 Å². The van der Waals surface area contributed by atoms with Crippen LogP contribution in [0.2, 0.25) is 0 Å². The molecule has 0 saturated heterocycles. The molecule has 0 spiro atoms. The van der Waals surface area contributed by atoms with Gasteiger partial charge in [0.2, 0.25) is 5.91 Å². The van der Waals surface area contributed by atoms with Gasteiger partial charge in [0.15, 0.2) is 5.16 Å². The van der Waals surface area contributed by atoms with Gasteiger partial charge in [-0.1, -0.05) is 24.6 Å². The summed E-state index contributed by atoms with van der Waals surface area (Å²) in [6.45, 7) is 7.91. The lowest BCUT2D eigenvalue weighted by atomic mass is 10.2. The van der Waals surface area contributed by atoms with E-state index in [9.17, 15) is 4.79 Å². The molecule has 1 aliphatic rings. The van der Waals surface area contributed by atoms with Crippen LogP contribution >= 0.6 is 11.8 Å². The molecule has 110 valence electrons. The van der Waals surface area contributed by atoms with Crippen molar-refractivity contribution in [1.82, 2.24) is 15.3 Å². The van der Waals surface area contributed by atoms with Crippen molar-refractivity contribution in [2.75, 3.05) is 0 Å². The van der Waals surface area contributed by atoms with Gasteiger partial charge in [-0.05, 0) is 46.1 Å². The van der Waals surface area contributed by atoms with Crippen LogP contribution in [0.1, 0.15) is 49.6 Å². The lowest BCUT2D eigenvalue weighted by Crippen LogP contribution is -2.37. The quantitative estimate of drug-likeness (QED) is 0.685. The highest BCUT2D eigenvalue weighted by atomic mass is 32.2. The van der Waals surface area contributed by atoms with Gasteiger partial charge in [-0.3, -0.25) is 4.79 Å². The molecule has 0 aromatic carbocycles. The summed E-state index contributed by atoms with van der Waals surface area (Å²) in [6.07, 6.45) is 4.68. The van der Waals surface area contributed by atoms with Gasteiger partial charge in [-0.15, -0.1) is 0 Å². The van der Waals surface area contributed by atoms with Gasteiger partial charge in [-0.25, -0.2) is 9.97 Å². The number of nitrogens with zero attached hydrogens (tertiary/aromatic N) is 2. The van der Waals surface area contributed by atoms with E-state index in [0.717, 1.165) is 29.8 Å². The zero-order valence-electron chi connectivity index (χ0n) is 12.7. The minimum Gasteiger partial charge on any atom is -0.352 e. The number of nitrogens with one attached hydrogen (secondary N) is 1. The molecule has 1 N–H and O–H groups in total. The lowest BCUT2D eigenvalue weighted by molar-refractivity contribution is -0.120. The summed E-state index contributed by atoms with van der Waals surface area (Å²) in [5.41, 5.74) is 3.10. The molecular weight excluding hydrogens is 270 g/mol. The fourth-order valence-electron chi connectivity index (χ4n) is 2.39. The number of rotatable bonds is 4. The average Bonchev–Trinajstić information content (AvgIpc) is 2.88. The first kappa shape index (κ1) is 15.3.